The van der Waals surface area contributed by atoms with E-state index in [1.165, 1.54) is 12.5 Å². The second kappa shape index (κ2) is 12.3. The number of carbonyl (C=O) groups is 2. The Morgan fingerprint density at radius 3 is 2.66 bits per heavy atom. The molecule has 0 radical (unpaired) electrons. The first-order valence-corrected chi connectivity index (χ1v) is 10.7. The minimum atomic E-state index is -0.246. The molecule has 1 aromatic carbocycles. The van der Waals surface area contributed by atoms with Gasteiger partial charge in [-0.2, -0.15) is 0 Å². The first kappa shape index (κ1) is 22.9. The highest BCUT2D eigenvalue weighted by Crippen LogP contribution is 2.32. The Kier molecular flexibility index (Phi) is 9.69. The third-order valence-electron chi connectivity index (χ3n) is 5.39. The van der Waals surface area contributed by atoms with Crippen LogP contribution in [0.5, 0.6) is 0 Å². The molecule has 0 N–H and O–H groups in total. The molecule has 4 heteroatoms. The van der Waals surface area contributed by atoms with E-state index in [0.717, 1.165) is 56.9 Å². The number of hydrogen-bond donors (Lipinski definition) is 0. The molecule has 0 heterocycles. The summed E-state index contributed by atoms with van der Waals surface area (Å²) in [6.07, 6.45) is 13.9. The number of hydrogen-bond acceptors (Lipinski definition) is 3. The van der Waals surface area contributed by atoms with Crippen molar-refractivity contribution < 1.29 is 14.3 Å². The number of rotatable bonds is 9. The molecule has 1 aliphatic rings. The lowest BCUT2D eigenvalue weighted by Gasteiger charge is -2.29. The van der Waals surface area contributed by atoms with Gasteiger partial charge in [-0.15, -0.1) is 0 Å². The van der Waals surface area contributed by atoms with Crippen LogP contribution in [0.15, 0.2) is 54.1 Å². The standard InChI is InChI=1S/C25H35NO3/c1-20(27)29-24(17-10-5-4-7-12-21-13-8-6-9-14-21)23-16-11-15-22(18-23)19-25(28)26(2)3/h6,8-10,13-14,17,19,23-24H,4-5,7,11-12,15-16,18H2,1-3H3/b17-10+,22-19-. The Labute approximate surface area is 175 Å². The van der Waals surface area contributed by atoms with Crippen LogP contribution in [0.3, 0.4) is 0 Å². The summed E-state index contributed by atoms with van der Waals surface area (Å²) >= 11 is 0. The molecule has 0 aliphatic heterocycles. The van der Waals surface area contributed by atoms with Crippen LogP contribution in [0.2, 0.25) is 0 Å². The first-order chi connectivity index (χ1) is 14.0. The minimum absolute atomic E-state index is 0.0265. The van der Waals surface area contributed by atoms with Gasteiger partial charge in [0.15, 0.2) is 0 Å². The van der Waals surface area contributed by atoms with Crippen molar-refractivity contribution in [1.82, 2.24) is 4.90 Å². The number of unbranched alkanes of at least 4 members (excludes halogenated alkanes) is 2. The predicted molar refractivity (Wildman–Crippen MR) is 117 cm³/mol. The maximum absolute atomic E-state index is 12.0. The minimum Gasteiger partial charge on any atom is -0.458 e. The highest BCUT2D eigenvalue weighted by molar-refractivity contribution is 5.87. The van der Waals surface area contributed by atoms with Gasteiger partial charge < -0.3 is 9.64 Å². The van der Waals surface area contributed by atoms with Gasteiger partial charge in [0.1, 0.15) is 6.10 Å². The zero-order valence-electron chi connectivity index (χ0n) is 18.1. The van der Waals surface area contributed by atoms with Gasteiger partial charge in [0.25, 0.3) is 0 Å². The van der Waals surface area contributed by atoms with Crippen molar-refractivity contribution in [3.63, 3.8) is 0 Å². The topological polar surface area (TPSA) is 46.6 Å². The zero-order chi connectivity index (χ0) is 21.1. The summed E-state index contributed by atoms with van der Waals surface area (Å²) in [7, 11) is 3.53. The average molecular weight is 398 g/mol. The Morgan fingerprint density at radius 1 is 1.21 bits per heavy atom. The molecule has 1 saturated carbocycles. The lowest BCUT2D eigenvalue weighted by Crippen LogP contribution is -2.27. The van der Waals surface area contributed by atoms with Crippen LogP contribution < -0.4 is 0 Å². The molecule has 1 fully saturated rings. The van der Waals surface area contributed by atoms with Crippen LogP contribution in [0.4, 0.5) is 0 Å². The molecule has 0 aromatic heterocycles. The second-order valence-corrected chi connectivity index (χ2v) is 8.13. The molecule has 0 bridgehead atoms. The number of amides is 1. The molecule has 2 atom stereocenters. The van der Waals surface area contributed by atoms with Gasteiger partial charge in [-0.1, -0.05) is 42.0 Å². The molecule has 1 amide bonds. The van der Waals surface area contributed by atoms with Gasteiger partial charge >= 0.3 is 5.97 Å². The fourth-order valence-electron chi connectivity index (χ4n) is 3.80. The van der Waals surface area contributed by atoms with E-state index in [1.54, 1.807) is 25.1 Å². The maximum Gasteiger partial charge on any atom is 0.303 e. The van der Waals surface area contributed by atoms with Gasteiger partial charge in [0.2, 0.25) is 5.91 Å². The summed E-state index contributed by atoms with van der Waals surface area (Å²) in [5.41, 5.74) is 2.54. The van der Waals surface area contributed by atoms with E-state index in [0.29, 0.717) is 0 Å². The number of esters is 1. The first-order valence-electron chi connectivity index (χ1n) is 10.7. The predicted octanol–water partition coefficient (Wildman–Crippen LogP) is 5.09. The molecule has 2 unspecified atom stereocenters. The number of ether oxygens (including phenoxy) is 1. The van der Waals surface area contributed by atoms with Gasteiger partial charge in [0.05, 0.1) is 0 Å². The number of aryl methyl sites for hydroxylation is 1. The number of likely N-dealkylation sites (N-methyl/N-ethyl adjacent to an activating group) is 1. The largest absolute Gasteiger partial charge is 0.458 e. The highest BCUT2D eigenvalue weighted by atomic mass is 16.5. The smallest absolute Gasteiger partial charge is 0.303 e. The van der Waals surface area contributed by atoms with Gasteiger partial charge in [0, 0.05) is 33.0 Å². The Hall–Kier alpha value is -2.36. The van der Waals surface area contributed by atoms with E-state index in [9.17, 15) is 9.59 Å². The highest BCUT2D eigenvalue weighted by Gasteiger charge is 2.26. The molecule has 1 aromatic rings. The van der Waals surface area contributed by atoms with Crippen LogP contribution in [0, 0.1) is 5.92 Å². The van der Waals surface area contributed by atoms with E-state index < -0.39 is 0 Å². The quantitative estimate of drug-likeness (QED) is 0.252. The molecule has 0 saturated heterocycles. The van der Waals surface area contributed by atoms with E-state index in [4.69, 9.17) is 4.74 Å². The van der Waals surface area contributed by atoms with E-state index in [-0.39, 0.29) is 23.9 Å². The monoisotopic (exact) mass is 397 g/mol. The zero-order valence-corrected chi connectivity index (χ0v) is 18.1. The van der Waals surface area contributed by atoms with Crippen molar-refractivity contribution in [1.29, 1.82) is 0 Å². The SMILES string of the molecule is CC(=O)OC(/C=C/CCCCc1ccccc1)C1CCC/C(=C/C(=O)N(C)C)C1. The lowest BCUT2D eigenvalue weighted by atomic mass is 9.81. The third kappa shape index (κ3) is 8.68. The van der Waals surface area contributed by atoms with E-state index in [2.05, 4.69) is 36.4 Å². The average Bonchev–Trinajstić information content (AvgIpc) is 2.70. The third-order valence-corrected chi connectivity index (χ3v) is 5.39. The summed E-state index contributed by atoms with van der Waals surface area (Å²) in [5, 5.41) is 0. The number of benzene rings is 1. The summed E-state index contributed by atoms with van der Waals surface area (Å²) in [5.74, 6) is 0.0253. The van der Waals surface area contributed by atoms with Crippen molar-refractivity contribution in [2.45, 2.75) is 64.4 Å². The Bertz CT molecular complexity index is 706. The maximum atomic E-state index is 12.0. The van der Waals surface area contributed by atoms with Crippen LogP contribution in [-0.4, -0.2) is 37.0 Å². The molecule has 1 aliphatic carbocycles. The van der Waals surface area contributed by atoms with Crippen LogP contribution in [0.25, 0.3) is 0 Å². The van der Waals surface area contributed by atoms with Crippen LogP contribution in [-0.2, 0) is 20.7 Å². The Morgan fingerprint density at radius 2 is 1.97 bits per heavy atom. The molecule has 158 valence electrons. The fourth-order valence-corrected chi connectivity index (χ4v) is 3.80. The molecular weight excluding hydrogens is 362 g/mol. The fraction of sp³-hybridized carbons (Fsp3) is 0.520. The van der Waals surface area contributed by atoms with Crippen molar-refractivity contribution in [3.8, 4) is 0 Å². The normalized spacial score (nSPS) is 19.3. The van der Waals surface area contributed by atoms with Crippen LogP contribution in [0.1, 0.15) is 57.4 Å². The molecule has 29 heavy (non-hydrogen) atoms. The van der Waals surface area contributed by atoms with Crippen molar-refractivity contribution in [2.24, 2.45) is 5.92 Å². The molecule has 2 rings (SSSR count). The number of nitrogens with zero attached hydrogens (tertiary/aromatic N) is 1. The summed E-state index contributed by atoms with van der Waals surface area (Å²) < 4.78 is 5.62. The molecular formula is C25H35NO3. The second-order valence-electron chi connectivity index (χ2n) is 8.13. The molecule has 4 nitrogen and oxygen atoms in total. The van der Waals surface area contributed by atoms with Crippen molar-refractivity contribution >= 4 is 11.9 Å². The van der Waals surface area contributed by atoms with E-state index >= 15 is 0 Å². The summed E-state index contributed by atoms with van der Waals surface area (Å²) in [4.78, 5) is 25.2. The number of allylic oxidation sites excluding steroid dienone is 2. The lowest BCUT2D eigenvalue weighted by molar-refractivity contribution is -0.146. The van der Waals surface area contributed by atoms with E-state index in [1.807, 2.05) is 6.07 Å². The summed E-state index contributed by atoms with van der Waals surface area (Å²) in [6, 6.07) is 10.5. The Balaban J connectivity index is 1.86. The number of carbonyl (C=O) groups excluding carboxylic acids is 2. The van der Waals surface area contributed by atoms with Crippen molar-refractivity contribution in [3.05, 3.63) is 59.7 Å². The van der Waals surface area contributed by atoms with Crippen LogP contribution >= 0.6 is 0 Å². The summed E-state index contributed by atoms with van der Waals surface area (Å²) in [6.45, 7) is 1.47. The van der Waals surface area contributed by atoms with Gasteiger partial charge in [-0.25, -0.2) is 0 Å². The molecule has 0 spiro atoms. The van der Waals surface area contributed by atoms with Crippen molar-refractivity contribution in [2.75, 3.05) is 14.1 Å². The van der Waals surface area contributed by atoms with Gasteiger partial charge in [-0.05, 0) is 63.0 Å². The van der Waals surface area contributed by atoms with Gasteiger partial charge in [-0.3, -0.25) is 9.59 Å².